The molecule has 1 aliphatic heterocycles. The van der Waals surface area contributed by atoms with E-state index in [4.69, 9.17) is 9.47 Å². The molecule has 1 aromatic heterocycles. The van der Waals surface area contributed by atoms with Gasteiger partial charge in [0.1, 0.15) is 6.54 Å². The molecule has 0 saturated carbocycles. The Morgan fingerprint density at radius 3 is 2.94 bits per heavy atom. The second-order valence-corrected chi connectivity index (χ2v) is 4.12. The molecule has 92 valence electrons. The van der Waals surface area contributed by atoms with Crippen molar-refractivity contribution in [1.29, 1.82) is 0 Å². The summed E-state index contributed by atoms with van der Waals surface area (Å²) >= 11 is 0. The van der Waals surface area contributed by atoms with Gasteiger partial charge in [0.25, 0.3) is 0 Å². The number of benzene rings is 1. The van der Waals surface area contributed by atoms with Crippen LogP contribution >= 0.6 is 0 Å². The molecule has 0 spiro atoms. The van der Waals surface area contributed by atoms with Gasteiger partial charge in [-0.3, -0.25) is 9.48 Å². The number of Topliss-reactive ketones (excluding diaryl/α,β-unsaturated/α-hetero) is 1. The van der Waals surface area contributed by atoms with E-state index in [0.29, 0.717) is 17.1 Å². The van der Waals surface area contributed by atoms with Crippen LogP contribution < -0.4 is 9.47 Å². The number of hydrogen-bond acceptors (Lipinski definition) is 4. The molecular formula is C13H12N2O3. The molecule has 1 aromatic carbocycles. The Bertz CT molecular complexity index is 604. The van der Waals surface area contributed by atoms with Crippen molar-refractivity contribution in [3.63, 3.8) is 0 Å². The number of hydrogen-bond donors (Lipinski definition) is 0. The molecule has 2 heterocycles. The summed E-state index contributed by atoms with van der Waals surface area (Å²) in [5.41, 5.74) is 1.57. The third kappa shape index (κ3) is 1.84. The number of ketones is 1. The fourth-order valence-corrected chi connectivity index (χ4v) is 1.86. The second kappa shape index (κ2) is 4.18. The molecule has 0 N–H and O–H groups in total. The number of aryl methyl sites for hydroxylation is 1. The smallest absolute Gasteiger partial charge is 0.231 e. The van der Waals surface area contributed by atoms with E-state index in [1.54, 1.807) is 29.1 Å². The Kier molecular flexibility index (Phi) is 2.51. The van der Waals surface area contributed by atoms with Crippen molar-refractivity contribution in [3.05, 3.63) is 41.7 Å². The van der Waals surface area contributed by atoms with E-state index in [1.807, 2.05) is 13.0 Å². The summed E-state index contributed by atoms with van der Waals surface area (Å²) in [7, 11) is 0. The third-order valence-electron chi connectivity index (χ3n) is 2.92. The lowest BCUT2D eigenvalue weighted by Gasteiger charge is -2.04. The van der Waals surface area contributed by atoms with Gasteiger partial charge in [0.05, 0.1) is 0 Å². The topological polar surface area (TPSA) is 53.4 Å². The highest BCUT2D eigenvalue weighted by molar-refractivity contribution is 5.96. The maximum Gasteiger partial charge on any atom is 0.231 e. The van der Waals surface area contributed by atoms with Gasteiger partial charge in [0.2, 0.25) is 6.79 Å². The van der Waals surface area contributed by atoms with Gasteiger partial charge < -0.3 is 9.47 Å². The van der Waals surface area contributed by atoms with Gasteiger partial charge in [-0.1, -0.05) is 0 Å². The molecule has 0 radical (unpaired) electrons. The van der Waals surface area contributed by atoms with Crippen molar-refractivity contribution >= 4 is 5.78 Å². The van der Waals surface area contributed by atoms with Gasteiger partial charge in [0.15, 0.2) is 17.3 Å². The zero-order valence-corrected chi connectivity index (χ0v) is 9.92. The van der Waals surface area contributed by atoms with Gasteiger partial charge in [-0.2, -0.15) is 5.10 Å². The first-order chi connectivity index (χ1) is 8.74. The van der Waals surface area contributed by atoms with Crippen molar-refractivity contribution in [2.75, 3.05) is 6.79 Å². The van der Waals surface area contributed by atoms with Crippen molar-refractivity contribution in [3.8, 4) is 11.5 Å². The van der Waals surface area contributed by atoms with Crippen molar-refractivity contribution in [2.24, 2.45) is 0 Å². The Balaban J connectivity index is 1.83. The monoisotopic (exact) mass is 244 g/mol. The Morgan fingerprint density at radius 2 is 2.17 bits per heavy atom. The SMILES string of the molecule is Cc1ccnn1CC(=O)c1ccc2c(c1)OCO2. The summed E-state index contributed by atoms with van der Waals surface area (Å²) in [5.74, 6) is 1.31. The molecule has 0 amide bonds. The minimum Gasteiger partial charge on any atom is -0.454 e. The Labute approximate surface area is 104 Å². The van der Waals surface area contributed by atoms with Crippen LogP contribution in [0.4, 0.5) is 0 Å². The molecule has 18 heavy (non-hydrogen) atoms. The Morgan fingerprint density at radius 1 is 1.33 bits per heavy atom. The van der Waals surface area contributed by atoms with Crippen LogP contribution in [0.3, 0.4) is 0 Å². The number of fused-ring (bicyclic) bond motifs is 1. The summed E-state index contributed by atoms with van der Waals surface area (Å²) in [6, 6.07) is 7.08. The number of ether oxygens (including phenoxy) is 2. The molecule has 1 aliphatic rings. The van der Waals surface area contributed by atoms with Gasteiger partial charge in [-0.05, 0) is 31.2 Å². The molecule has 5 heteroatoms. The van der Waals surface area contributed by atoms with Gasteiger partial charge >= 0.3 is 0 Å². The lowest BCUT2D eigenvalue weighted by atomic mass is 10.1. The normalized spacial score (nSPS) is 12.7. The molecule has 0 bridgehead atoms. The van der Waals surface area contributed by atoms with E-state index in [-0.39, 0.29) is 19.1 Å². The van der Waals surface area contributed by atoms with E-state index >= 15 is 0 Å². The first kappa shape index (κ1) is 10.8. The minimum absolute atomic E-state index is 0.0000926. The number of carbonyl (C=O) groups is 1. The molecule has 3 rings (SSSR count). The summed E-state index contributed by atoms with van der Waals surface area (Å²) in [6.45, 7) is 2.36. The molecule has 2 aromatic rings. The first-order valence-corrected chi connectivity index (χ1v) is 5.65. The average molecular weight is 244 g/mol. The van der Waals surface area contributed by atoms with Crippen molar-refractivity contribution < 1.29 is 14.3 Å². The van der Waals surface area contributed by atoms with Crippen LogP contribution in [0.2, 0.25) is 0 Å². The molecule has 0 unspecified atom stereocenters. The molecule has 5 nitrogen and oxygen atoms in total. The van der Waals surface area contributed by atoms with E-state index in [2.05, 4.69) is 5.10 Å². The van der Waals surface area contributed by atoms with Crippen LogP contribution in [-0.4, -0.2) is 22.4 Å². The van der Waals surface area contributed by atoms with Crippen molar-refractivity contribution in [1.82, 2.24) is 9.78 Å². The summed E-state index contributed by atoms with van der Waals surface area (Å²) in [5, 5.41) is 4.09. The molecule has 0 fully saturated rings. The van der Waals surface area contributed by atoms with E-state index in [9.17, 15) is 4.79 Å². The highest BCUT2D eigenvalue weighted by atomic mass is 16.7. The maximum absolute atomic E-state index is 12.1. The van der Waals surface area contributed by atoms with E-state index < -0.39 is 0 Å². The van der Waals surface area contributed by atoms with Crippen LogP contribution in [0.5, 0.6) is 11.5 Å². The summed E-state index contributed by atoms with van der Waals surface area (Å²) in [6.07, 6.45) is 1.68. The van der Waals surface area contributed by atoms with Gasteiger partial charge in [-0.15, -0.1) is 0 Å². The van der Waals surface area contributed by atoms with Gasteiger partial charge in [-0.25, -0.2) is 0 Å². The summed E-state index contributed by atoms with van der Waals surface area (Å²) in [4.78, 5) is 12.1. The quantitative estimate of drug-likeness (QED) is 0.772. The first-order valence-electron chi connectivity index (χ1n) is 5.65. The van der Waals surface area contributed by atoms with E-state index in [1.165, 1.54) is 0 Å². The molecule has 0 atom stereocenters. The number of nitrogens with zero attached hydrogens (tertiary/aromatic N) is 2. The molecular weight excluding hydrogens is 232 g/mol. The van der Waals surface area contributed by atoms with Crippen LogP contribution in [0.1, 0.15) is 16.1 Å². The molecule has 0 saturated heterocycles. The standard InChI is InChI=1S/C13H12N2O3/c1-9-4-5-14-15(9)7-11(16)10-2-3-12-13(6-10)18-8-17-12/h2-6H,7-8H2,1H3. The zero-order chi connectivity index (χ0) is 12.5. The summed E-state index contributed by atoms with van der Waals surface area (Å²) < 4.78 is 12.1. The lowest BCUT2D eigenvalue weighted by Crippen LogP contribution is -2.12. The highest BCUT2D eigenvalue weighted by Crippen LogP contribution is 2.32. The maximum atomic E-state index is 12.1. The molecule has 0 aliphatic carbocycles. The minimum atomic E-state index is 0.0000926. The number of aromatic nitrogens is 2. The second-order valence-electron chi connectivity index (χ2n) is 4.12. The highest BCUT2D eigenvalue weighted by Gasteiger charge is 2.16. The Hall–Kier alpha value is -2.30. The number of carbonyl (C=O) groups excluding carboxylic acids is 1. The van der Waals surface area contributed by atoms with Crippen molar-refractivity contribution in [2.45, 2.75) is 13.5 Å². The van der Waals surface area contributed by atoms with Gasteiger partial charge in [0, 0.05) is 17.5 Å². The van der Waals surface area contributed by atoms with Crippen LogP contribution in [0, 0.1) is 6.92 Å². The fourth-order valence-electron chi connectivity index (χ4n) is 1.86. The number of rotatable bonds is 3. The van der Waals surface area contributed by atoms with E-state index in [0.717, 1.165) is 5.69 Å². The average Bonchev–Trinajstić information content (AvgIpc) is 2.98. The van der Waals surface area contributed by atoms with Crippen LogP contribution in [0.15, 0.2) is 30.5 Å². The predicted octanol–water partition coefficient (Wildman–Crippen LogP) is 1.80. The fraction of sp³-hybridized carbons (Fsp3) is 0.231. The largest absolute Gasteiger partial charge is 0.454 e. The predicted molar refractivity (Wildman–Crippen MR) is 63.9 cm³/mol. The van der Waals surface area contributed by atoms with Crippen LogP contribution in [0.25, 0.3) is 0 Å². The zero-order valence-electron chi connectivity index (χ0n) is 9.92. The van der Waals surface area contributed by atoms with Crippen LogP contribution in [-0.2, 0) is 6.54 Å². The lowest BCUT2D eigenvalue weighted by molar-refractivity contribution is 0.0966. The third-order valence-corrected chi connectivity index (χ3v) is 2.92.